The fraction of sp³-hybridized carbons (Fsp3) is 0.385. The molecular formula is C13H16N2OS. The van der Waals surface area contributed by atoms with Gasteiger partial charge in [0.2, 0.25) is 0 Å². The van der Waals surface area contributed by atoms with Crippen LogP contribution in [0.25, 0.3) is 0 Å². The second kappa shape index (κ2) is 5.02. The van der Waals surface area contributed by atoms with Crippen molar-refractivity contribution in [3.63, 3.8) is 0 Å². The molecule has 0 atom stereocenters. The SMILES string of the molecule is CC(C)(C=O)NSc1cccc2c1N=CCC2. The summed E-state index contributed by atoms with van der Waals surface area (Å²) in [6, 6.07) is 6.18. The first-order valence-electron chi connectivity index (χ1n) is 5.67. The van der Waals surface area contributed by atoms with Gasteiger partial charge >= 0.3 is 0 Å². The molecule has 3 nitrogen and oxygen atoms in total. The van der Waals surface area contributed by atoms with Gasteiger partial charge in [0, 0.05) is 11.1 Å². The van der Waals surface area contributed by atoms with E-state index in [-0.39, 0.29) is 0 Å². The van der Waals surface area contributed by atoms with E-state index in [0.717, 1.165) is 29.7 Å². The molecule has 90 valence electrons. The second-order valence-electron chi connectivity index (χ2n) is 4.66. The number of benzene rings is 1. The summed E-state index contributed by atoms with van der Waals surface area (Å²) in [6.07, 6.45) is 4.93. The number of nitrogens with one attached hydrogen (secondary N) is 1. The number of aldehydes is 1. The number of hydrogen-bond acceptors (Lipinski definition) is 4. The average molecular weight is 248 g/mol. The Morgan fingerprint density at radius 1 is 1.47 bits per heavy atom. The molecule has 1 aliphatic rings. The minimum absolute atomic E-state index is 0.522. The molecular weight excluding hydrogens is 232 g/mol. The molecule has 1 aromatic rings. The molecule has 0 amide bonds. The summed E-state index contributed by atoms with van der Waals surface area (Å²) in [5.41, 5.74) is 1.80. The van der Waals surface area contributed by atoms with Crippen LogP contribution in [0.4, 0.5) is 5.69 Å². The summed E-state index contributed by atoms with van der Waals surface area (Å²) in [7, 11) is 0. The van der Waals surface area contributed by atoms with Crippen LogP contribution < -0.4 is 4.72 Å². The average Bonchev–Trinajstić information content (AvgIpc) is 2.36. The molecule has 0 radical (unpaired) electrons. The van der Waals surface area contributed by atoms with Crippen molar-refractivity contribution in [1.82, 2.24) is 4.72 Å². The quantitative estimate of drug-likeness (QED) is 0.658. The lowest BCUT2D eigenvalue weighted by Gasteiger charge is -2.20. The van der Waals surface area contributed by atoms with E-state index in [9.17, 15) is 4.79 Å². The van der Waals surface area contributed by atoms with E-state index in [0.29, 0.717) is 0 Å². The zero-order valence-corrected chi connectivity index (χ0v) is 10.9. The van der Waals surface area contributed by atoms with E-state index in [2.05, 4.69) is 15.8 Å². The van der Waals surface area contributed by atoms with Crippen LogP contribution >= 0.6 is 11.9 Å². The first-order valence-corrected chi connectivity index (χ1v) is 6.49. The summed E-state index contributed by atoms with van der Waals surface area (Å²) < 4.78 is 3.15. The van der Waals surface area contributed by atoms with Crippen molar-refractivity contribution in [3.8, 4) is 0 Å². The van der Waals surface area contributed by atoms with Gasteiger partial charge in [0.25, 0.3) is 0 Å². The highest BCUT2D eigenvalue weighted by atomic mass is 32.2. The summed E-state index contributed by atoms with van der Waals surface area (Å²) in [5.74, 6) is 0. The first kappa shape index (κ1) is 12.3. The highest BCUT2D eigenvalue weighted by Crippen LogP contribution is 2.34. The fourth-order valence-corrected chi connectivity index (χ4v) is 2.43. The molecule has 1 N–H and O–H groups in total. The van der Waals surface area contributed by atoms with Gasteiger partial charge in [-0.05, 0) is 50.3 Å². The smallest absolute Gasteiger partial charge is 0.140 e. The Hall–Kier alpha value is -1.13. The van der Waals surface area contributed by atoms with Crippen molar-refractivity contribution >= 4 is 30.1 Å². The normalized spacial score (nSPS) is 14.5. The fourth-order valence-electron chi connectivity index (χ4n) is 1.58. The molecule has 0 fully saturated rings. The minimum atomic E-state index is -0.522. The molecule has 0 bridgehead atoms. The van der Waals surface area contributed by atoms with Crippen LogP contribution in [0.15, 0.2) is 28.1 Å². The van der Waals surface area contributed by atoms with Crippen LogP contribution in [0.5, 0.6) is 0 Å². The maximum absolute atomic E-state index is 10.8. The Labute approximate surface area is 106 Å². The highest BCUT2D eigenvalue weighted by molar-refractivity contribution is 7.97. The molecule has 0 unspecified atom stereocenters. The number of carbonyl (C=O) groups excluding carboxylic acids is 1. The number of hydrogen-bond donors (Lipinski definition) is 1. The molecule has 4 heteroatoms. The first-order chi connectivity index (χ1) is 8.12. The standard InChI is InChI=1S/C13H16N2OS/c1-13(2,9-16)15-17-11-7-3-5-10-6-4-8-14-12(10)11/h3,5,7-9,15H,4,6H2,1-2H3. The lowest BCUT2D eigenvalue weighted by Crippen LogP contribution is -2.35. The van der Waals surface area contributed by atoms with Gasteiger partial charge in [-0.1, -0.05) is 12.1 Å². The predicted molar refractivity (Wildman–Crippen MR) is 72.1 cm³/mol. The molecule has 0 spiro atoms. The summed E-state index contributed by atoms with van der Waals surface area (Å²) >= 11 is 1.47. The Morgan fingerprint density at radius 2 is 2.29 bits per heavy atom. The molecule has 0 saturated carbocycles. The van der Waals surface area contributed by atoms with Crippen LogP contribution in [0.1, 0.15) is 25.8 Å². The maximum Gasteiger partial charge on any atom is 0.140 e. The minimum Gasteiger partial charge on any atom is -0.301 e. The summed E-state index contributed by atoms with van der Waals surface area (Å²) in [5, 5.41) is 0. The molecule has 1 aliphatic heterocycles. The van der Waals surface area contributed by atoms with E-state index in [1.165, 1.54) is 17.5 Å². The molecule has 17 heavy (non-hydrogen) atoms. The van der Waals surface area contributed by atoms with Gasteiger partial charge in [-0.2, -0.15) is 0 Å². The molecule has 0 aliphatic carbocycles. The van der Waals surface area contributed by atoms with E-state index < -0.39 is 5.54 Å². The topological polar surface area (TPSA) is 41.5 Å². The van der Waals surface area contributed by atoms with Crippen LogP contribution in [0, 0.1) is 0 Å². The van der Waals surface area contributed by atoms with Gasteiger partial charge in [-0.25, -0.2) is 4.72 Å². The zero-order chi connectivity index (χ0) is 12.3. The van der Waals surface area contributed by atoms with Gasteiger partial charge in [-0.15, -0.1) is 0 Å². The van der Waals surface area contributed by atoms with Gasteiger partial charge in [0.15, 0.2) is 0 Å². The van der Waals surface area contributed by atoms with Crippen molar-refractivity contribution in [1.29, 1.82) is 0 Å². The number of para-hydroxylation sites is 1. The summed E-state index contributed by atoms with van der Waals surface area (Å²) in [6.45, 7) is 3.71. The number of nitrogens with zero attached hydrogens (tertiary/aromatic N) is 1. The third-order valence-electron chi connectivity index (χ3n) is 2.56. The van der Waals surface area contributed by atoms with Crippen LogP contribution in [0.3, 0.4) is 0 Å². The van der Waals surface area contributed by atoms with Gasteiger partial charge < -0.3 is 4.79 Å². The lowest BCUT2D eigenvalue weighted by atomic mass is 10.1. The number of fused-ring (bicyclic) bond motifs is 1. The largest absolute Gasteiger partial charge is 0.301 e. The zero-order valence-electron chi connectivity index (χ0n) is 10.1. The van der Waals surface area contributed by atoms with E-state index in [4.69, 9.17) is 0 Å². The third kappa shape index (κ3) is 2.96. The number of carbonyl (C=O) groups is 1. The summed E-state index contributed by atoms with van der Waals surface area (Å²) in [4.78, 5) is 16.4. The van der Waals surface area contributed by atoms with Crippen molar-refractivity contribution < 1.29 is 4.79 Å². The molecule has 0 aromatic heterocycles. The van der Waals surface area contributed by atoms with Crippen LogP contribution in [0.2, 0.25) is 0 Å². The Kier molecular flexibility index (Phi) is 3.64. The number of aryl methyl sites for hydroxylation is 1. The maximum atomic E-state index is 10.8. The van der Waals surface area contributed by atoms with Crippen molar-refractivity contribution in [2.24, 2.45) is 4.99 Å². The molecule has 1 aromatic carbocycles. The molecule has 2 rings (SSSR count). The third-order valence-corrected chi connectivity index (χ3v) is 3.74. The van der Waals surface area contributed by atoms with Crippen molar-refractivity contribution in [2.45, 2.75) is 37.1 Å². The van der Waals surface area contributed by atoms with Gasteiger partial charge in [-0.3, -0.25) is 4.99 Å². The van der Waals surface area contributed by atoms with Gasteiger partial charge in [0.1, 0.15) is 6.29 Å². The molecule has 1 heterocycles. The highest BCUT2D eigenvalue weighted by Gasteiger charge is 2.17. The number of aliphatic imine (C=N–C) groups is 1. The van der Waals surface area contributed by atoms with Crippen LogP contribution in [-0.2, 0) is 11.2 Å². The van der Waals surface area contributed by atoms with E-state index in [1.54, 1.807) is 0 Å². The monoisotopic (exact) mass is 248 g/mol. The second-order valence-corrected chi connectivity index (χ2v) is 5.51. The molecule has 0 saturated heterocycles. The Balaban J connectivity index is 2.18. The van der Waals surface area contributed by atoms with E-state index >= 15 is 0 Å². The van der Waals surface area contributed by atoms with Crippen LogP contribution in [-0.4, -0.2) is 18.0 Å². The Bertz CT molecular complexity index is 455. The number of rotatable bonds is 4. The Morgan fingerprint density at radius 3 is 3.06 bits per heavy atom. The predicted octanol–water partition coefficient (Wildman–Crippen LogP) is 2.91. The van der Waals surface area contributed by atoms with Gasteiger partial charge in [0.05, 0.1) is 11.2 Å². The van der Waals surface area contributed by atoms with Crippen molar-refractivity contribution in [3.05, 3.63) is 23.8 Å². The van der Waals surface area contributed by atoms with Crippen molar-refractivity contribution in [2.75, 3.05) is 0 Å². The van der Waals surface area contributed by atoms with E-state index in [1.807, 2.05) is 32.2 Å². The lowest BCUT2D eigenvalue weighted by molar-refractivity contribution is -0.111.